The summed E-state index contributed by atoms with van der Waals surface area (Å²) in [5.74, 6) is 1.94. The molecule has 0 aliphatic carbocycles. The smallest absolute Gasteiger partial charge is 0.165 e. The molecule has 0 N–H and O–H groups in total. The van der Waals surface area contributed by atoms with Crippen LogP contribution in [0.4, 0.5) is 0 Å². The van der Waals surface area contributed by atoms with E-state index < -0.39 is 0 Å². The van der Waals surface area contributed by atoms with Gasteiger partial charge in [0.2, 0.25) is 0 Å². The Kier molecular flexibility index (Phi) is 7.35. The van der Waals surface area contributed by atoms with E-state index in [0.29, 0.717) is 17.5 Å². The van der Waals surface area contributed by atoms with Crippen LogP contribution in [-0.4, -0.2) is 15.0 Å². The Morgan fingerprint density at radius 3 is 1.75 bits per heavy atom. The fourth-order valence-corrected chi connectivity index (χ4v) is 9.29. The lowest BCUT2D eigenvalue weighted by Crippen LogP contribution is -2.01. The van der Waals surface area contributed by atoms with Crippen molar-refractivity contribution in [3.63, 3.8) is 0 Å². The number of rotatable bonds is 5. The number of fused-ring (bicyclic) bond motifs is 7. The summed E-state index contributed by atoms with van der Waals surface area (Å²) >= 11 is 1.79. The summed E-state index contributed by atoms with van der Waals surface area (Å²) in [5.41, 5.74) is 7.40. The first-order valence-electron chi connectivity index (χ1n) is 18.5. The second kappa shape index (κ2) is 12.8. The highest BCUT2D eigenvalue weighted by Gasteiger charge is 2.19. The maximum Gasteiger partial charge on any atom is 0.165 e. The average molecular weight is 718 g/mol. The van der Waals surface area contributed by atoms with Crippen molar-refractivity contribution in [2.24, 2.45) is 0 Å². The molecule has 9 aromatic carbocycles. The molecule has 0 fully saturated rings. The second-order valence-corrected chi connectivity index (χ2v) is 15.0. The van der Waals surface area contributed by atoms with Crippen molar-refractivity contribution >= 4 is 63.8 Å². The molecule has 4 heteroatoms. The average Bonchev–Trinajstić information content (AvgIpc) is 3.65. The van der Waals surface area contributed by atoms with Crippen LogP contribution in [0.1, 0.15) is 0 Å². The van der Waals surface area contributed by atoms with E-state index in [-0.39, 0.29) is 0 Å². The lowest BCUT2D eigenvalue weighted by molar-refractivity contribution is 1.08. The molecule has 11 rings (SSSR count). The van der Waals surface area contributed by atoms with E-state index in [2.05, 4.69) is 188 Å². The predicted octanol–water partition coefficient (Wildman–Crippen LogP) is 14.0. The van der Waals surface area contributed by atoms with Crippen LogP contribution >= 0.6 is 11.3 Å². The Morgan fingerprint density at radius 2 is 0.873 bits per heavy atom. The maximum atomic E-state index is 5.31. The van der Waals surface area contributed by atoms with E-state index in [0.717, 1.165) is 33.4 Å². The first-order chi connectivity index (χ1) is 27.2. The van der Waals surface area contributed by atoms with Gasteiger partial charge in [0.25, 0.3) is 0 Å². The Labute approximate surface area is 321 Å². The van der Waals surface area contributed by atoms with Crippen molar-refractivity contribution in [1.29, 1.82) is 0 Å². The number of nitrogens with zero attached hydrogens (tertiary/aromatic N) is 3. The lowest BCUT2D eigenvalue weighted by Gasteiger charge is -2.14. The summed E-state index contributed by atoms with van der Waals surface area (Å²) in [5, 5.41) is 9.80. The molecule has 2 aromatic heterocycles. The minimum atomic E-state index is 0.637. The third kappa shape index (κ3) is 5.38. The summed E-state index contributed by atoms with van der Waals surface area (Å²) in [6, 6.07) is 66.9. The number of benzene rings is 9. The van der Waals surface area contributed by atoms with E-state index in [1.165, 1.54) is 58.1 Å². The minimum absolute atomic E-state index is 0.637. The summed E-state index contributed by atoms with van der Waals surface area (Å²) in [6.45, 7) is 0. The molecular formula is C51H31N3S. The minimum Gasteiger partial charge on any atom is -0.208 e. The molecule has 0 saturated heterocycles. The quantitative estimate of drug-likeness (QED) is 0.166. The van der Waals surface area contributed by atoms with Gasteiger partial charge in [0.15, 0.2) is 17.5 Å². The second-order valence-electron chi connectivity index (χ2n) is 14.0. The molecule has 11 aromatic rings. The molecule has 0 radical (unpaired) electrons. The van der Waals surface area contributed by atoms with Crippen molar-refractivity contribution in [1.82, 2.24) is 15.0 Å². The van der Waals surface area contributed by atoms with Crippen LogP contribution in [0, 0.1) is 0 Å². The highest BCUT2D eigenvalue weighted by Crippen LogP contribution is 2.41. The fraction of sp³-hybridized carbons (Fsp3) is 0. The van der Waals surface area contributed by atoms with Gasteiger partial charge in [-0.05, 0) is 84.9 Å². The van der Waals surface area contributed by atoms with Crippen LogP contribution in [0.15, 0.2) is 188 Å². The zero-order valence-electron chi connectivity index (χ0n) is 29.6. The third-order valence-electron chi connectivity index (χ3n) is 10.7. The van der Waals surface area contributed by atoms with Crippen molar-refractivity contribution in [2.45, 2.75) is 0 Å². The molecule has 0 spiro atoms. The van der Waals surface area contributed by atoms with Crippen LogP contribution in [0.5, 0.6) is 0 Å². The van der Waals surface area contributed by atoms with Crippen LogP contribution in [-0.2, 0) is 0 Å². The normalized spacial score (nSPS) is 11.6. The van der Waals surface area contributed by atoms with Gasteiger partial charge in [-0.1, -0.05) is 158 Å². The molecule has 0 unspecified atom stereocenters. The first kappa shape index (κ1) is 31.5. The third-order valence-corrected chi connectivity index (χ3v) is 11.9. The van der Waals surface area contributed by atoms with Crippen molar-refractivity contribution < 1.29 is 0 Å². The molecular weight excluding hydrogens is 687 g/mol. The van der Waals surface area contributed by atoms with Crippen LogP contribution in [0.3, 0.4) is 0 Å². The molecule has 0 aliphatic heterocycles. The zero-order chi connectivity index (χ0) is 36.3. The SMILES string of the molecule is c1cc(-c2nc(-c3ccccc3-c3ccc4ccccc4c3)nc(-c3cccc4c3sc3ccccc34)n2)cc(-c2cc3ccccc3c3ccccc23)c1. The predicted molar refractivity (Wildman–Crippen MR) is 232 cm³/mol. The van der Waals surface area contributed by atoms with E-state index in [9.17, 15) is 0 Å². The summed E-state index contributed by atoms with van der Waals surface area (Å²) < 4.78 is 2.42. The van der Waals surface area contributed by atoms with E-state index in [4.69, 9.17) is 15.0 Å². The van der Waals surface area contributed by atoms with E-state index >= 15 is 0 Å². The summed E-state index contributed by atoms with van der Waals surface area (Å²) in [4.78, 5) is 15.9. The first-order valence-corrected chi connectivity index (χ1v) is 19.3. The van der Waals surface area contributed by atoms with Gasteiger partial charge < -0.3 is 0 Å². The Bertz CT molecular complexity index is 3290. The number of hydrogen-bond donors (Lipinski definition) is 0. The highest BCUT2D eigenvalue weighted by molar-refractivity contribution is 7.26. The zero-order valence-corrected chi connectivity index (χ0v) is 30.5. The molecule has 0 atom stereocenters. The largest absolute Gasteiger partial charge is 0.208 e. The van der Waals surface area contributed by atoms with E-state index in [1.807, 2.05) is 0 Å². The fourth-order valence-electron chi connectivity index (χ4n) is 8.07. The lowest BCUT2D eigenvalue weighted by atomic mass is 9.92. The topological polar surface area (TPSA) is 38.7 Å². The van der Waals surface area contributed by atoms with E-state index in [1.54, 1.807) is 11.3 Å². The molecule has 0 saturated carbocycles. The van der Waals surface area contributed by atoms with Gasteiger partial charge in [0.1, 0.15) is 0 Å². The molecule has 3 nitrogen and oxygen atoms in total. The standard InChI is InChI=1S/C51H31N3S/c1-2-14-33-29-36(28-27-32(33)13-1)39-19-5-8-23-44(39)50-52-49(53-51(54-50)45-25-12-24-43-42-22-9-10-26-47(42)55-48(43)45)37-17-11-16-34(30-37)46-31-35-15-3-4-18-38(35)40-20-6-7-21-41(40)46/h1-31H. The molecule has 2 heterocycles. The van der Waals surface area contributed by atoms with Crippen LogP contribution in [0.2, 0.25) is 0 Å². The molecule has 55 heavy (non-hydrogen) atoms. The van der Waals surface area contributed by atoms with Crippen molar-refractivity contribution in [3.05, 3.63) is 188 Å². The number of thiophene rings is 1. The Hall–Kier alpha value is -7.01. The number of aromatic nitrogens is 3. The Morgan fingerprint density at radius 1 is 0.291 bits per heavy atom. The monoisotopic (exact) mass is 717 g/mol. The molecule has 0 amide bonds. The molecule has 256 valence electrons. The van der Waals surface area contributed by atoms with Gasteiger partial charge >= 0.3 is 0 Å². The van der Waals surface area contributed by atoms with Crippen molar-refractivity contribution in [3.8, 4) is 56.4 Å². The van der Waals surface area contributed by atoms with Gasteiger partial charge in [0, 0.05) is 36.9 Å². The Balaban J connectivity index is 1.14. The maximum absolute atomic E-state index is 5.31. The summed E-state index contributed by atoms with van der Waals surface area (Å²) in [7, 11) is 0. The molecule has 0 aliphatic rings. The van der Waals surface area contributed by atoms with Crippen molar-refractivity contribution in [2.75, 3.05) is 0 Å². The van der Waals surface area contributed by atoms with Gasteiger partial charge in [0.05, 0.1) is 0 Å². The summed E-state index contributed by atoms with van der Waals surface area (Å²) in [6.07, 6.45) is 0. The van der Waals surface area contributed by atoms with Crippen LogP contribution in [0.25, 0.3) is 109 Å². The van der Waals surface area contributed by atoms with Gasteiger partial charge in [-0.3, -0.25) is 0 Å². The van der Waals surface area contributed by atoms with Crippen LogP contribution < -0.4 is 0 Å². The highest BCUT2D eigenvalue weighted by atomic mass is 32.1. The number of hydrogen-bond acceptors (Lipinski definition) is 4. The van der Waals surface area contributed by atoms with Gasteiger partial charge in [-0.2, -0.15) is 0 Å². The molecule has 0 bridgehead atoms. The van der Waals surface area contributed by atoms with Gasteiger partial charge in [-0.15, -0.1) is 11.3 Å². The van der Waals surface area contributed by atoms with Gasteiger partial charge in [-0.25, -0.2) is 15.0 Å².